The Morgan fingerprint density at radius 1 is 0.390 bits per heavy atom. The van der Waals surface area contributed by atoms with Crippen LogP contribution in [0.15, 0.2) is 0 Å². The fourth-order valence-electron chi connectivity index (χ4n) is 6.47. The van der Waals surface area contributed by atoms with Gasteiger partial charge in [-0.3, -0.25) is 9.59 Å². The van der Waals surface area contributed by atoms with Gasteiger partial charge in [-0.2, -0.15) is 0 Å². The first-order chi connectivity index (χ1) is 28.9. The van der Waals surface area contributed by atoms with E-state index in [0.717, 1.165) is 57.8 Å². The molecule has 0 aliphatic rings. The molecule has 0 rings (SSSR count). The number of rotatable bonds is 46. The molecule has 0 aromatic heterocycles. The Hall–Kier alpha value is -1.95. The summed E-state index contributed by atoms with van der Waals surface area (Å²) in [6, 6.07) is 0. The number of esters is 2. The highest BCUT2D eigenvalue weighted by molar-refractivity contribution is 5.70. The molecule has 0 aliphatic carbocycles. The summed E-state index contributed by atoms with van der Waals surface area (Å²) >= 11 is 0. The number of alkyl carbamates (subject to hydrolysis) is 1. The standard InChI is InChI=1S/C48H93NO10/c1-6-11-15-19-23-27-36-53-46(54-37-28-24-20-16-12-7-2)33-31-44(50)57-40-43(42-59-48(52)49-35-10-5)41-58-45(51)32-34-47(55-38-29-25-21-17-13-8-3)56-39-30-26-22-18-14-9-4/h43,46-47H,6-42H2,1-5H3,(H,49,52). The fraction of sp³-hybridized carbons (Fsp3) is 0.938. The molecule has 0 heterocycles. The molecule has 0 atom stereocenters. The van der Waals surface area contributed by atoms with Crippen LogP contribution >= 0.6 is 0 Å². The number of carbonyl (C=O) groups is 3. The lowest BCUT2D eigenvalue weighted by Gasteiger charge is -2.20. The van der Waals surface area contributed by atoms with Crippen molar-refractivity contribution in [2.75, 3.05) is 52.8 Å². The van der Waals surface area contributed by atoms with Gasteiger partial charge in [0, 0.05) is 45.8 Å². The van der Waals surface area contributed by atoms with Crippen LogP contribution in [0, 0.1) is 5.92 Å². The Labute approximate surface area is 362 Å². The highest BCUT2D eigenvalue weighted by Gasteiger charge is 2.20. The van der Waals surface area contributed by atoms with Crippen LogP contribution < -0.4 is 5.32 Å². The lowest BCUT2D eigenvalue weighted by atomic mass is 10.1. The monoisotopic (exact) mass is 844 g/mol. The van der Waals surface area contributed by atoms with E-state index in [1.54, 1.807) is 0 Å². The number of nitrogens with one attached hydrogen (secondary N) is 1. The van der Waals surface area contributed by atoms with Gasteiger partial charge in [-0.05, 0) is 32.1 Å². The van der Waals surface area contributed by atoms with Crippen molar-refractivity contribution in [1.82, 2.24) is 5.32 Å². The Kier molecular flexibility index (Phi) is 44.1. The number of carbonyl (C=O) groups excluding carboxylic acids is 3. The Bertz CT molecular complexity index is 826. The second kappa shape index (κ2) is 45.6. The van der Waals surface area contributed by atoms with Crippen molar-refractivity contribution in [3.63, 3.8) is 0 Å². The molecule has 0 saturated heterocycles. The SMILES string of the molecule is CCCCCCCCOC(CCC(=O)OCC(COC(=O)CCC(OCCCCCCCC)OCCCCCCCC)COC(=O)NCCC)OCCCCCCCC. The van der Waals surface area contributed by atoms with Crippen LogP contribution in [0.4, 0.5) is 4.79 Å². The summed E-state index contributed by atoms with van der Waals surface area (Å²) in [5, 5.41) is 2.68. The molecule has 1 N–H and O–H groups in total. The molecule has 11 heteroatoms. The van der Waals surface area contributed by atoms with Crippen LogP contribution in [0.2, 0.25) is 0 Å². The number of hydrogen-bond donors (Lipinski definition) is 1. The van der Waals surface area contributed by atoms with Crippen LogP contribution in [0.25, 0.3) is 0 Å². The quantitative estimate of drug-likeness (QED) is 0.0274. The van der Waals surface area contributed by atoms with Crippen molar-refractivity contribution >= 4 is 18.0 Å². The summed E-state index contributed by atoms with van der Waals surface area (Å²) in [5.74, 6) is -1.33. The molecule has 0 aromatic rings. The first-order valence-corrected chi connectivity index (χ1v) is 24.6. The fourth-order valence-corrected chi connectivity index (χ4v) is 6.47. The van der Waals surface area contributed by atoms with Crippen molar-refractivity contribution in [2.45, 2.75) is 233 Å². The van der Waals surface area contributed by atoms with E-state index in [1.807, 2.05) is 6.92 Å². The summed E-state index contributed by atoms with van der Waals surface area (Å²) in [7, 11) is 0. The first kappa shape index (κ1) is 57.1. The predicted octanol–water partition coefficient (Wildman–Crippen LogP) is 12.5. The van der Waals surface area contributed by atoms with Gasteiger partial charge >= 0.3 is 18.0 Å². The molecule has 0 unspecified atom stereocenters. The normalized spacial score (nSPS) is 11.5. The molecule has 0 saturated carbocycles. The summed E-state index contributed by atoms with van der Waals surface area (Å²) < 4.78 is 41.0. The average molecular weight is 844 g/mol. The maximum Gasteiger partial charge on any atom is 0.407 e. The first-order valence-electron chi connectivity index (χ1n) is 24.6. The van der Waals surface area contributed by atoms with Crippen molar-refractivity contribution in [3.8, 4) is 0 Å². The molecular weight excluding hydrogens is 751 g/mol. The zero-order valence-corrected chi connectivity index (χ0v) is 39.0. The van der Waals surface area contributed by atoms with Crippen LogP contribution in [0.3, 0.4) is 0 Å². The number of ether oxygens (including phenoxy) is 7. The lowest BCUT2D eigenvalue weighted by molar-refractivity contribution is -0.163. The van der Waals surface area contributed by atoms with Gasteiger partial charge < -0.3 is 38.5 Å². The third-order valence-corrected chi connectivity index (χ3v) is 10.3. The molecule has 350 valence electrons. The minimum atomic E-state index is -0.560. The van der Waals surface area contributed by atoms with Crippen LogP contribution in [0.5, 0.6) is 0 Å². The number of hydrogen-bond acceptors (Lipinski definition) is 10. The Morgan fingerprint density at radius 2 is 0.695 bits per heavy atom. The molecule has 59 heavy (non-hydrogen) atoms. The molecule has 0 aromatic carbocycles. The lowest BCUT2D eigenvalue weighted by Crippen LogP contribution is -2.31. The van der Waals surface area contributed by atoms with Gasteiger partial charge in [0.2, 0.25) is 0 Å². The smallest absolute Gasteiger partial charge is 0.407 e. The van der Waals surface area contributed by atoms with Crippen LogP contribution in [0.1, 0.15) is 221 Å². The molecule has 11 nitrogen and oxygen atoms in total. The summed E-state index contributed by atoms with van der Waals surface area (Å²) in [6.45, 7) is 13.5. The average Bonchev–Trinajstić information content (AvgIpc) is 3.24. The van der Waals surface area contributed by atoms with E-state index >= 15 is 0 Å². The third kappa shape index (κ3) is 41.2. The van der Waals surface area contributed by atoms with Crippen molar-refractivity contribution < 1.29 is 47.5 Å². The molecule has 0 radical (unpaired) electrons. The Morgan fingerprint density at radius 3 is 1.02 bits per heavy atom. The van der Waals surface area contributed by atoms with E-state index in [0.29, 0.717) is 45.8 Å². The molecule has 0 bridgehead atoms. The maximum absolute atomic E-state index is 13.0. The Balaban J connectivity index is 5.09. The number of amides is 1. The summed E-state index contributed by atoms with van der Waals surface area (Å²) in [6.07, 6.45) is 28.4. The van der Waals surface area contributed by atoms with Gasteiger partial charge in [0.15, 0.2) is 12.6 Å². The zero-order valence-electron chi connectivity index (χ0n) is 39.0. The van der Waals surface area contributed by atoms with E-state index in [2.05, 4.69) is 33.0 Å². The van der Waals surface area contributed by atoms with Gasteiger partial charge in [-0.1, -0.05) is 163 Å². The second-order valence-electron chi connectivity index (χ2n) is 16.2. The zero-order chi connectivity index (χ0) is 43.3. The minimum Gasteiger partial charge on any atom is -0.465 e. The molecule has 0 spiro atoms. The van der Waals surface area contributed by atoms with Crippen LogP contribution in [-0.2, 0) is 42.7 Å². The topological polar surface area (TPSA) is 128 Å². The largest absolute Gasteiger partial charge is 0.465 e. The van der Waals surface area contributed by atoms with Crippen molar-refractivity contribution in [2.24, 2.45) is 5.92 Å². The maximum atomic E-state index is 13.0. The van der Waals surface area contributed by atoms with Crippen molar-refractivity contribution in [1.29, 1.82) is 0 Å². The van der Waals surface area contributed by atoms with Crippen LogP contribution in [-0.4, -0.2) is 83.4 Å². The summed E-state index contributed by atoms with van der Waals surface area (Å²) in [5.41, 5.74) is 0. The molecule has 0 fully saturated rings. The molecular formula is C48H93NO10. The van der Waals surface area contributed by atoms with Crippen molar-refractivity contribution in [3.05, 3.63) is 0 Å². The van der Waals surface area contributed by atoms with E-state index in [9.17, 15) is 14.4 Å². The van der Waals surface area contributed by atoms with Gasteiger partial charge in [0.1, 0.15) is 19.8 Å². The minimum absolute atomic E-state index is 0.0551. The van der Waals surface area contributed by atoms with E-state index < -0.39 is 36.5 Å². The predicted molar refractivity (Wildman–Crippen MR) is 238 cm³/mol. The second-order valence-corrected chi connectivity index (χ2v) is 16.2. The number of unbranched alkanes of at least 4 members (excludes halogenated alkanes) is 20. The molecule has 1 amide bonds. The van der Waals surface area contributed by atoms with E-state index in [4.69, 9.17) is 33.2 Å². The van der Waals surface area contributed by atoms with Gasteiger partial charge in [-0.25, -0.2) is 4.79 Å². The van der Waals surface area contributed by atoms with Gasteiger partial charge in [0.25, 0.3) is 0 Å². The van der Waals surface area contributed by atoms with E-state index in [-0.39, 0.29) is 32.7 Å². The van der Waals surface area contributed by atoms with Gasteiger partial charge in [0.05, 0.1) is 18.8 Å². The molecule has 0 aliphatic heterocycles. The highest BCUT2D eigenvalue weighted by atomic mass is 16.7. The summed E-state index contributed by atoms with van der Waals surface area (Å²) in [4.78, 5) is 38.1. The van der Waals surface area contributed by atoms with Gasteiger partial charge in [-0.15, -0.1) is 0 Å². The third-order valence-electron chi connectivity index (χ3n) is 10.3. The highest BCUT2D eigenvalue weighted by Crippen LogP contribution is 2.15. The van der Waals surface area contributed by atoms with E-state index in [1.165, 1.54) is 103 Å².